The molecule has 2 nitrogen and oxygen atoms in total. The van der Waals surface area contributed by atoms with Crippen molar-refractivity contribution >= 4 is 0 Å². The zero-order chi connectivity index (χ0) is 8.85. The van der Waals surface area contributed by atoms with Crippen molar-refractivity contribution < 1.29 is 18.6 Å². The Hall–Kier alpha value is -0.220. The molecule has 0 aromatic rings. The fraction of sp³-hybridized carbons (Fsp3) is 1.00. The largest absolute Gasteiger partial charge is 0.394 e. The summed E-state index contributed by atoms with van der Waals surface area (Å²) in [5.41, 5.74) is 0. The summed E-state index contributed by atoms with van der Waals surface area (Å²) in [6.45, 7) is 3.14. The van der Waals surface area contributed by atoms with Crippen LogP contribution >= 0.6 is 0 Å². The highest BCUT2D eigenvalue weighted by Crippen LogP contribution is 2.08. The van der Waals surface area contributed by atoms with Gasteiger partial charge in [0, 0.05) is 6.42 Å². The van der Waals surface area contributed by atoms with E-state index in [0.717, 1.165) is 0 Å². The van der Waals surface area contributed by atoms with Gasteiger partial charge in [-0.05, 0) is 13.8 Å². The predicted octanol–water partition coefficient (Wildman–Crippen LogP) is 1.43. The molecule has 0 fully saturated rings. The van der Waals surface area contributed by atoms with Gasteiger partial charge in [0.2, 0.25) is 6.43 Å². The van der Waals surface area contributed by atoms with E-state index in [9.17, 15) is 8.78 Å². The van der Waals surface area contributed by atoms with Crippen LogP contribution in [0.4, 0.5) is 8.78 Å². The van der Waals surface area contributed by atoms with Crippen LogP contribution in [0.5, 0.6) is 0 Å². The molecule has 1 atom stereocenters. The van der Waals surface area contributed by atoms with Crippen LogP contribution in [0.15, 0.2) is 0 Å². The van der Waals surface area contributed by atoms with Crippen molar-refractivity contribution in [1.82, 2.24) is 0 Å². The van der Waals surface area contributed by atoms with Crippen molar-refractivity contribution in [3.63, 3.8) is 0 Å². The Morgan fingerprint density at radius 1 is 1.36 bits per heavy atom. The Balaban J connectivity index is 3.58. The number of halogens is 2. The number of aliphatic hydroxyl groups is 1. The second-order valence-electron chi connectivity index (χ2n) is 2.62. The van der Waals surface area contributed by atoms with E-state index in [0.29, 0.717) is 0 Å². The van der Waals surface area contributed by atoms with Gasteiger partial charge in [0.25, 0.3) is 0 Å². The lowest BCUT2D eigenvalue weighted by Crippen LogP contribution is -2.24. The van der Waals surface area contributed by atoms with Gasteiger partial charge in [0.15, 0.2) is 0 Å². The maximum absolute atomic E-state index is 11.7. The first-order valence-electron chi connectivity index (χ1n) is 3.60. The number of ether oxygens (including phenoxy) is 1. The van der Waals surface area contributed by atoms with E-state index in [1.165, 1.54) is 0 Å². The van der Waals surface area contributed by atoms with E-state index in [1.807, 2.05) is 0 Å². The first kappa shape index (κ1) is 10.8. The van der Waals surface area contributed by atoms with Crippen LogP contribution in [0.2, 0.25) is 0 Å². The molecule has 0 aliphatic heterocycles. The third-order valence-electron chi connectivity index (χ3n) is 1.11. The van der Waals surface area contributed by atoms with E-state index in [1.54, 1.807) is 13.8 Å². The smallest absolute Gasteiger partial charge is 0.241 e. The molecule has 0 aromatic carbocycles. The van der Waals surface area contributed by atoms with Crippen molar-refractivity contribution in [1.29, 1.82) is 0 Å². The SMILES string of the molecule is CC(C)O[C@H](CO)CC(F)F. The minimum Gasteiger partial charge on any atom is -0.394 e. The topological polar surface area (TPSA) is 29.5 Å². The molecule has 0 saturated carbocycles. The molecule has 11 heavy (non-hydrogen) atoms. The van der Waals surface area contributed by atoms with Crippen LogP contribution < -0.4 is 0 Å². The fourth-order valence-electron chi connectivity index (χ4n) is 0.757. The summed E-state index contributed by atoms with van der Waals surface area (Å²) in [4.78, 5) is 0. The third kappa shape index (κ3) is 6.19. The highest BCUT2D eigenvalue weighted by molar-refractivity contribution is 4.58. The van der Waals surface area contributed by atoms with Crippen molar-refractivity contribution in [3.05, 3.63) is 0 Å². The van der Waals surface area contributed by atoms with Crippen molar-refractivity contribution in [2.75, 3.05) is 6.61 Å². The lowest BCUT2D eigenvalue weighted by molar-refractivity contribution is -0.0523. The van der Waals surface area contributed by atoms with Crippen LogP contribution in [0.3, 0.4) is 0 Å². The molecule has 1 N–H and O–H groups in total. The zero-order valence-electron chi connectivity index (χ0n) is 6.76. The van der Waals surface area contributed by atoms with Crippen LogP contribution in [-0.4, -0.2) is 30.3 Å². The summed E-state index contributed by atoms with van der Waals surface area (Å²) >= 11 is 0. The lowest BCUT2D eigenvalue weighted by Gasteiger charge is -2.17. The van der Waals surface area contributed by atoms with E-state index < -0.39 is 19.0 Å². The molecule has 4 heteroatoms. The number of alkyl halides is 2. The van der Waals surface area contributed by atoms with Crippen LogP contribution in [-0.2, 0) is 4.74 Å². The first-order chi connectivity index (χ1) is 5.06. The van der Waals surface area contributed by atoms with Gasteiger partial charge in [-0.3, -0.25) is 0 Å². The molecule has 0 heterocycles. The highest BCUT2D eigenvalue weighted by Gasteiger charge is 2.15. The van der Waals surface area contributed by atoms with Crippen molar-refractivity contribution in [2.45, 2.75) is 38.9 Å². The van der Waals surface area contributed by atoms with Crippen LogP contribution in [0.1, 0.15) is 20.3 Å². The van der Waals surface area contributed by atoms with Crippen LogP contribution in [0, 0.1) is 0 Å². The monoisotopic (exact) mass is 168 g/mol. The molecular weight excluding hydrogens is 154 g/mol. The second kappa shape index (κ2) is 5.43. The maximum atomic E-state index is 11.7. The molecule has 0 saturated heterocycles. The van der Waals surface area contributed by atoms with E-state index >= 15 is 0 Å². The summed E-state index contributed by atoms with van der Waals surface area (Å²) in [7, 11) is 0. The highest BCUT2D eigenvalue weighted by atomic mass is 19.3. The summed E-state index contributed by atoms with van der Waals surface area (Å²) in [5, 5.41) is 8.57. The molecule has 0 unspecified atom stereocenters. The van der Waals surface area contributed by atoms with Crippen LogP contribution in [0.25, 0.3) is 0 Å². The Morgan fingerprint density at radius 2 is 1.91 bits per heavy atom. The standard InChI is InChI=1S/C7H14F2O2/c1-5(2)11-6(4-10)3-7(8)9/h5-7,10H,3-4H2,1-2H3/t6-/m0/s1. The molecule has 68 valence electrons. The molecule has 0 rings (SSSR count). The van der Waals surface area contributed by atoms with Gasteiger partial charge in [-0.1, -0.05) is 0 Å². The second-order valence-corrected chi connectivity index (χ2v) is 2.62. The average molecular weight is 168 g/mol. The molecule has 0 bridgehead atoms. The quantitative estimate of drug-likeness (QED) is 0.672. The van der Waals surface area contributed by atoms with E-state index in [-0.39, 0.29) is 12.7 Å². The van der Waals surface area contributed by atoms with Gasteiger partial charge in [0.05, 0.1) is 18.8 Å². The minimum atomic E-state index is -2.41. The van der Waals surface area contributed by atoms with Gasteiger partial charge in [0.1, 0.15) is 0 Å². The number of hydrogen-bond donors (Lipinski definition) is 1. The lowest BCUT2D eigenvalue weighted by atomic mass is 10.2. The Kier molecular flexibility index (Phi) is 5.32. The number of aliphatic hydroxyl groups excluding tert-OH is 1. The number of hydrogen-bond acceptors (Lipinski definition) is 2. The van der Waals surface area contributed by atoms with Crippen molar-refractivity contribution in [2.24, 2.45) is 0 Å². The Bertz CT molecular complexity index is 86.4. The molecule has 0 aliphatic carbocycles. The average Bonchev–Trinajstić information content (AvgIpc) is 1.84. The minimum absolute atomic E-state index is 0.120. The molecule has 0 spiro atoms. The van der Waals surface area contributed by atoms with Gasteiger partial charge in [-0.25, -0.2) is 8.78 Å². The molecule has 0 aliphatic rings. The summed E-state index contributed by atoms with van der Waals surface area (Å²) in [6.07, 6.45) is -3.65. The third-order valence-corrected chi connectivity index (χ3v) is 1.11. The summed E-state index contributed by atoms with van der Waals surface area (Å²) in [5.74, 6) is 0. The molecule has 0 aromatic heterocycles. The first-order valence-corrected chi connectivity index (χ1v) is 3.60. The van der Waals surface area contributed by atoms with E-state index in [2.05, 4.69) is 0 Å². The predicted molar refractivity (Wildman–Crippen MR) is 37.7 cm³/mol. The normalized spacial score (nSPS) is 14.5. The Morgan fingerprint density at radius 3 is 2.18 bits per heavy atom. The fourth-order valence-corrected chi connectivity index (χ4v) is 0.757. The van der Waals surface area contributed by atoms with Gasteiger partial charge in [-0.2, -0.15) is 0 Å². The van der Waals surface area contributed by atoms with Gasteiger partial charge in [-0.15, -0.1) is 0 Å². The summed E-state index contributed by atoms with van der Waals surface area (Å²) < 4.78 is 28.4. The molecule has 0 amide bonds. The zero-order valence-corrected chi connectivity index (χ0v) is 6.76. The maximum Gasteiger partial charge on any atom is 0.241 e. The molecular formula is C7H14F2O2. The van der Waals surface area contributed by atoms with Gasteiger partial charge < -0.3 is 9.84 Å². The summed E-state index contributed by atoms with van der Waals surface area (Å²) in [6, 6.07) is 0. The number of rotatable bonds is 5. The Labute approximate surface area is 65.2 Å². The van der Waals surface area contributed by atoms with Crippen molar-refractivity contribution in [3.8, 4) is 0 Å². The van der Waals surface area contributed by atoms with E-state index in [4.69, 9.17) is 9.84 Å². The van der Waals surface area contributed by atoms with Gasteiger partial charge >= 0.3 is 0 Å². The molecule has 0 radical (unpaired) electrons.